The van der Waals surface area contributed by atoms with E-state index < -0.39 is 0 Å². The first-order valence-electron chi connectivity index (χ1n) is 24.2. The van der Waals surface area contributed by atoms with Crippen LogP contribution < -0.4 is 25.5 Å². The second-order valence-corrected chi connectivity index (χ2v) is 26.2. The van der Waals surface area contributed by atoms with E-state index in [0.717, 1.165) is 0 Å². The van der Waals surface area contributed by atoms with E-state index in [4.69, 9.17) is 0 Å². The zero-order valence-electron chi connectivity index (χ0n) is 41.2. The van der Waals surface area contributed by atoms with Crippen LogP contribution in [-0.2, 0) is 21.7 Å². The Morgan fingerprint density at radius 1 is 0.433 bits per heavy atom. The first-order valence-corrected chi connectivity index (χ1v) is 25.8. The number of anilines is 6. The van der Waals surface area contributed by atoms with Crippen LogP contribution in [0.25, 0.3) is 57.8 Å². The van der Waals surface area contributed by atoms with Gasteiger partial charge in [0, 0.05) is 62.9 Å². The summed E-state index contributed by atoms with van der Waals surface area (Å²) in [5.74, 6) is 0. The third-order valence-corrected chi connectivity index (χ3v) is 17.7. The Morgan fingerprint density at radius 2 is 1.01 bits per heavy atom. The third kappa shape index (κ3) is 5.75. The van der Waals surface area contributed by atoms with Crippen LogP contribution in [0, 0.1) is 6.92 Å². The predicted octanol–water partition coefficient (Wildman–Crippen LogP) is 16.3. The fourth-order valence-corrected chi connectivity index (χ4v) is 14.0. The Kier molecular flexibility index (Phi) is 8.18. The summed E-state index contributed by atoms with van der Waals surface area (Å²) in [6, 6.07) is 46.0. The van der Waals surface area contributed by atoms with Crippen molar-refractivity contribution in [1.82, 2.24) is 4.57 Å². The molecule has 0 atom stereocenters. The van der Waals surface area contributed by atoms with Crippen LogP contribution in [0.4, 0.5) is 34.1 Å². The fraction of sp³-hybridized carbons (Fsp3) is 0.279. The second kappa shape index (κ2) is 13.2. The summed E-state index contributed by atoms with van der Waals surface area (Å²) in [5, 5.41) is 6.66. The molecule has 0 spiro atoms. The lowest BCUT2D eigenvalue weighted by Gasteiger charge is -2.46. The number of rotatable bonds is 1. The van der Waals surface area contributed by atoms with Crippen molar-refractivity contribution >= 4 is 131 Å². The standard InChI is InChI=1S/C61H58BN3S2/c1-33-24-46-53-47(25-33)65-48-30-36(60(8,9)10)28-42-40-26-34(58(2,3)4)18-21-45(40)64(54(42)48)49-31-37(61(11,12)13)29-44(56(49)65)62(53)57-55(43-27-35(59(5,6)7)19-22-52(43)67-57)63(46)38-20-23-51-41(32-38)39-16-14-15-17-50(39)66-51/h14-32H,1-13H3. The molecule has 3 aliphatic rings. The van der Waals surface area contributed by atoms with Gasteiger partial charge in [-0.15, -0.1) is 22.7 Å². The number of hydrogen-bond acceptors (Lipinski definition) is 4. The second-order valence-electron chi connectivity index (χ2n) is 24.0. The molecular weight excluding hydrogens is 850 g/mol. The van der Waals surface area contributed by atoms with Crippen LogP contribution in [0.15, 0.2) is 115 Å². The summed E-state index contributed by atoms with van der Waals surface area (Å²) in [5.41, 5.74) is 20.9. The Bertz CT molecular complexity index is 3830. The van der Waals surface area contributed by atoms with Crippen molar-refractivity contribution in [3.05, 3.63) is 143 Å². The molecule has 0 radical (unpaired) electrons. The Hall–Kier alpha value is -5.82. The summed E-state index contributed by atoms with van der Waals surface area (Å²) < 4.78 is 8.08. The predicted molar refractivity (Wildman–Crippen MR) is 296 cm³/mol. The molecule has 0 fully saturated rings. The highest BCUT2D eigenvalue weighted by Gasteiger charge is 2.48. The van der Waals surface area contributed by atoms with Crippen molar-refractivity contribution in [3.63, 3.8) is 0 Å². The molecule has 0 bridgehead atoms. The van der Waals surface area contributed by atoms with Crippen LogP contribution >= 0.6 is 22.7 Å². The fourth-order valence-electron chi connectivity index (χ4n) is 11.6. The summed E-state index contributed by atoms with van der Waals surface area (Å²) in [4.78, 5) is 5.38. The Morgan fingerprint density at radius 3 is 1.73 bits per heavy atom. The molecule has 0 saturated heterocycles. The van der Waals surface area contributed by atoms with Gasteiger partial charge in [-0.1, -0.05) is 119 Å². The maximum absolute atomic E-state index is 2.71. The van der Waals surface area contributed by atoms with Crippen LogP contribution in [0.5, 0.6) is 0 Å². The number of fused-ring (bicyclic) bond motifs is 14. The number of nitrogens with zero attached hydrogens (tertiary/aromatic N) is 3. The molecule has 10 aromatic rings. The smallest absolute Gasteiger partial charge is 0.264 e. The summed E-state index contributed by atoms with van der Waals surface area (Å²) >= 11 is 3.90. The lowest BCUT2D eigenvalue weighted by molar-refractivity contribution is 0.590. The lowest BCUT2D eigenvalue weighted by Crippen LogP contribution is -2.61. The van der Waals surface area contributed by atoms with E-state index in [0.29, 0.717) is 0 Å². The van der Waals surface area contributed by atoms with E-state index in [1.807, 2.05) is 22.7 Å². The molecule has 6 heteroatoms. The molecule has 6 heterocycles. The third-order valence-electron chi connectivity index (χ3n) is 15.3. The van der Waals surface area contributed by atoms with E-state index in [1.165, 1.54) is 135 Å². The van der Waals surface area contributed by atoms with Gasteiger partial charge in [0.2, 0.25) is 0 Å². The van der Waals surface area contributed by atoms with E-state index >= 15 is 0 Å². The molecule has 7 aromatic carbocycles. The van der Waals surface area contributed by atoms with E-state index in [9.17, 15) is 0 Å². The first kappa shape index (κ1) is 41.4. The molecule has 0 N–H and O–H groups in total. The molecule has 0 aliphatic carbocycles. The number of aromatic nitrogens is 1. The molecule has 0 unspecified atom stereocenters. The van der Waals surface area contributed by atoms with Gasteiger partial charge < -0.3 is 14.4 Å². The molecule has 13 rings (SSSR count). The molecule has 0 amide bonds. The minimum absolute atomic E-state index is 0.00193. The normalized spacial score (nSPS) is 14.6. The summed E-state index contributed by atoms with van der Waals surface area (Å²) in [6.45, 7) is 30.7. The van der Waals surface area contributed by atoms with Gasteiger partial charge in [0.05, 0.1) is 33.8 Å². The van der Waals surface area contributed by atoms with E-state index in [1.54, 1.807) is 0 Å². The Balaban J connectivity index is 1.20. The monoisotopic (exact) mass is 907 g/mol. The minimum Gasteiger partial charge on any atom is -0.310 e. The van der Waals surface area contributed by atoms with E-state index in [2.05, 4.69) is 220 Å². The van der Waals surface area contributed by atoms with Gasteiger partial charge in [-0.3, -0.25) is 0 Å². The quantitative estimate of drug-likeness (QED) is 0.152. The van der Waals surface area contributed by atoms with Gasteiger partial charge in [-0.05, 0) is 146 Å². The van der Waals surface area contributed by atoms with Gasteiger partial charge in [0.15, 0.2) is 0 Å². The van der Waals surface area contributed by atoms with Gasteiger partial charge in [-0.25, -0.2) is 0 Å². The van der Waals surface area contributed by atoms with Gasteiger partial charge in [-0.2, -0.15) is 0 Å². The lowest BCUT2D eigenvalue weighted by atomic mass is 9.35. The topological polar surface area (TPSA) is 11.4 Å². The number of thiophene rings is 2. The van der Waals surface area contributed by atoms with Gasteiger partial charge >= 0.3 is 0 Å². The highest BCUT2D eigenvalue weighted by molar-refractivity contribution is 7.33. The molecule has 3 aromatic heterocycles. The van der Waals surface area contributed by atoms with Crippen LogP contribution in [-0.4, -0.2) is 11.3 Å². The van der Waals surface area contributed by atoms with Gasteiger partial charge in [0.1, 0.15) is 0 Å². The zero-order valence-corrected chi connectivity index (χ0v) is 42.8. The molecule has 332 valence electrons. The maximum Gasteiger partial charge on any atom is 0.264 e. The largest absolute Gasteiger partial charge is 0.310 e. The Labute approximate surface area is 403 Å². The average Bonchev–Trinajstić information content (AvgIpc) is 3.93. The van der Waals surface area contributed by atoms with Crippen LogP contribution in [0.1, 0.15) is 111 Å². The van der Waals surface area contributed by atoms with Crippen molar-refractivity contribution in [3.8, 4) is 5.69 Å². The van der Waals surface area contributed by atoms with E-state index in [-0.39, 0.29) is 28.4 Å². The van der Waals surface area contributed by atoms with Crippen molar-refractivity contribution in [2.24, 2.45) is 0 Å². The summed E-state index contributed by atoms with van der Waals surface area (Å²) in [6.07, 6.45) is 0. The zero-order chi connectivity index (χ0) is 46.6. The van der Waals surface area contributed by atoms with Crippen LogP contribution in [0.3, 0.4) is 0 Å². The van der Waals surface area contributed by atoms with Gasteiger partial charge in [0.25, 0.3) is 6.71 Å². The molecule has 3 aliphatic heterocycles. The number of hydrogen-bond donors (Lipinski definition) is 0. The van der Waals surface area contributed by atoms with Crippen molar-refractivity contribution in [1.29, 1.82) is 0 Å². The first-order chi connectivity index (χ1) is 31.6. The maximum atomic E-state index is 2.71. The molecule has 3 nitrogen and oxygen atoms in total. The molecule has 0 saturated carbocycles. The van der Waals surface area contributed by atoms with Crippen molar-refractivity contribution in [2.45, 2.75) is 112 Å². The summed E-state index contributed by atoms with van der Waals surface area (Å²) in [7, 11) is 0. The number of aryl methyl sites for hydroxylation is 1. The van der Waals surface area contributed by atoms with Crippen LogP contribution in [0.2, 0.25) is 0 Å². The SMILES string of the molecule is Cc1cc2c3c(c1)N1c4c(cc(C(C)(C)C)cc4-n4c5ccc(C(C)(C)C)cc5c5cc(C(C)(C)C)cc1c54)B3c1sc3ccc(C(C)(C)C)cc3c1N2c1ccc2sc3ccccc3c2c1. The molecule has 67 heavy (non-hydrogen) atoms. The molecular formula is C61H58BN3S2. The average molecular weight is 908 g/mol. The highest BCUT2D eigenvalue weighted by Crippen LogP contribution is 2.56. The van der Waals surface area contributed by atoms with Crippen molar-refractivity contribution in [2.75, 3.05) is 9.80 Å². The minimum atomic E-state index is -0.0887. The number of benzene rings is 7. The van der Waals surface area contributed by atoms with Crippen molar-refractivity contribution < 1.29 is 0 Å². The highest BCUT2D eigenvalue weighted by atomic mass is 32.1.